The van der Waals surface area contributed by atoms with Crippen molar-refractivity contribution in [1.29, 1.82) is 0 Å². The van der Waals surface area contributed by atoms with E-state index in [1.54, 1.807) is 50.5 Å². The maximum Gasteiger partial charge on any atom is 0.326 e. The normalized spacial score (nSPS) is 10.8. The number of nitrogens with one attached hydrogen (secondary N) is 2. The highest BCUT2D eigenvalue weighted by Gasteiger charge is 2.15. The lowest BCUT2D eigenvalue weighted by molar-refractivity contribution is 0.0964. The van der Waals surface area contributed by atoms with Crippen LogP contribution < -0.4 is 10.6 Å². The third kappa shape index (κ3) is 3.23. The number of aryl methyl sites for hydroxylation is 1. The van der Waals surface area contributed by atoms with Gasteiger partial charge < -0.3 is 9.84 Å². The Balaban J connectivity index is 1.53. The van der Waals surface area contributed by atoms with Gasteiger partial charge >= 0.3 is 6.03 Å². The Morgan fingerprint density at radius 1 is 1.07 bits per heavy atom. The van der Waals surface area contributed by atoms with Crippen molar-refractivity contribution in [3.05, 3.63) is 71.7 Å². The number of carbonyl (C=O) groups is 2. The second kappa shape index (κ2) is 6.99. The summed E-state index contributed by atoms with van der Waals surface area (Å²) in [6, 6.07) is 11.7. The number of fused-ring (bicyclic) bond motifs is 1. The van der Waals surface area contributed by atoms with Crippen LogP contribution >= 0.6 is 0 Å². The minimum atomic E-state index is -0.489. The number of pyridine rings is 1. The van der Waals surface area contributed by atoms with Gasteiger partial charge in [0.15, 0.2) is 0 Å². The van der Waals surface area contributed by atoms with Crippen LogP contribution in [0.2, 0.25) is 0 Å². The SMILES string of the molecule is Cc1noc(NC(=O)Nc2cccc(C(=O)n3ccc4cccnc43)c2)c1C. The van der Waals surface area contributed by atoms with Crippen molar-refractivity contribution in [2.75, 3.05) is 10.6 Å². The monoisotopic (exact) mass is 375 g/mol. The molecular formula is C20H17N5O3. The van der Waals surface area contributed by atoms with E-state index in [0.717, 1.165) is 10.9 Å². The summed E-state index contributed by atoms with van der Waals surface area (Å²) in [6.45, 7) is 3.59. The van der Waals surface area contributed by atoms with E-state index >= 15 is 0 Å². The van der Waals surface area contributed by atoms with Gasteiger partial charge in [-0.15, -0.1) is 0 Å². The first-order valence-corrected chi connectivity index (χ1v) is 8.60. The van der Waals surface area contributed by atoms with E-state index < -0.39 is 6.03 Å². The molecule has 28 heavy (non-hydrogen) atoms. The van der Waals surface area contributed by atoms with Crippen molar-refractivity contribution < 1.29 is 14.1 Å². The predicted molar refractivity (Wildman–Crippen MR) is 105 cm³/mol. The van der Waals surface area contributed by atoms with Crippen LogP contribution in [0.1, 0.15) is 21.6 Å². The Labute approximate surface area is 160 Å². The van der Waals surface area contributed by atoms with Crippen LogP contribution in [0.5, 0.6) is 0 Å². The number of benzene rings is 1. The molecule has 8 nitrogen and oxygen atoms in total. The number of anilines is 2. The molecule has 0 atom stereocenters. The third-order valence-corrected chi connectivity index (χ3v) is 4.42. The van der Waals surface area contributed by atoms with Crippen LogP contribution in [0.3, 0.4) is 0 Å². The molecular weight excluding hydrogens is 358 g/mol. The molecule has 2 N–H and O–H groups in total. The molecule has 140 valence electrons. The maximum absolute atomic E-state index is 12.9. The fourth-order valence-electron chi connectivity index (χ4n) is 2.80. The number of carbonyl (C=O) groups excluding carboxylic acids is 2. The lowest BCUT2D eigenvalue weighted by Gasteiger charge is -2.08. The average molecular weight is 375 g/mol. The van der Waals surface area contributed by atoms with Gasteiger partial charge in [-0.1, -0.05) is 11.2 Å². The van der Waals surface area contributed by atoms with Crippen LogP contribution in [0.4, 0.5) is 16.4 Å². The molecule has 0 aliphatic rings. The van der Waals surface area contributed by atoms with Crippen LogP contribution in [0, 0.1) is 13.8 Å². The minimum absolute atomic E-state index is 0.237. The molecule has 0 aliphatic heterocycles. The van der Waals surface area contributed by atoms with E-state index in [1.807, 2.05) is 18.2 Å². The number of aromatic nitrogens is 3. The summed E-state index contributed by atoms with van der Waals surface area (Å²) in [6.07, 6.45) is 3.32. The molecule has 0 aliphatic carbocycles. The molecule has 4 rings (SSSR count). The van der Waals surface area contributed by atoms with E-state index in [-0.39, 0.29) is 11.8 Å². The second-order valence-electron chi connectivity index (χ2n) is 6.29. The number of hydrogen-bond acceptors (Lipinski definition) is 5. The zero-order chi connectivity index (χ0) is 19.7. The van der Waals surface area contributed by atoms with E-state index in [4.69, 9.17) is 4.52 Å². The topological polar surface area (TPSA) is 102 Å². The van der Waals surface area contributed by atoms with Crippen molar-refractivity contribution in [1.82, 2.24) is 14.7 Å². The molecule has 3 heterocycles. The largest absolute Gasteiger partial charge is 0.338 e. The quantitative estimate of drug-likeness (QED) is 0.564. The molecule has 0 bridgehead atoms. The summed E-state index contributed by atoms with van der Waals surface area (Å²) in [5.74, 6) is 0.0478. The lowest BCUT2D eigenvalue weighted by Crippen LogP contribution is -2.20. The number of nitrogens with zero attached hydrogens (tertiary/aromatic N) is 3. The van der Waals surface area contributed by atoms with E-state index in [9.17, 15) is 9.59 Å². The van der Waals surface area contributed by atoms with Gasteiger partial charge in [-0.3, -0.25) is 14.7 Å². The summed E-state index contributed by atoms with van der Waals surface area (Å²) in [4.78, 5) is 29.3. The molecule has 2 amide bonds. The molecule has 0 saturated heterocycles. The average Bonchev–Trinajstić information content (AvgIpc) is 3.26. The Hall–Kier alpha value is -3.94. The van der Waals surface area contributed by atoms with Gasteiger partial charge in [-0.2, -0.15) is 0 Å². The zero-order valence-corrected chi connectivity index (χ0v) is 15.3. The van der Waals surface area contributed by atoms with Crippen molar-refractivity contribution in [2.45, 2.75) is 13.8 Å². The van der Waals surface area contributed by atoms with Gasteiger partial charge in [-0.25, -0.2) is 9.78 Å². The van der Waals surface area contributed by atoms with Crippen molar-refractivity contribution >= 4 is 34.5 Å². The van der Waals surface area contributed by atoms with Crippen LogP contribution in [0.25, 0.3) is 11.0 Å². The molecule has 3 aromatic heterocycles. The Bertz CT molecular complexity index is 1190. The number of hydrogen-bond donors (Lipinski definition) is 2. The van der Waals surface area contributed by atoms with E-state index in [0.29, 0.717) is 22.6 Å². The van der Waals surface area contributed by atoms with Gasteiger partial charge in [0.25, 0.3) is 5.91 Å². The fraction of sp³-hybridized carbons (Fsp3) is 0.100. The first kappa shape index (κ1) is 17.5. The summed E-state index contributed by atoms with van der Waals surface area (Å²) < 4.78 is 6.55. The predicted octanol–water partition coefficient (Wildman–Crippen LogP) is 3.97. The first-order valence-electron chi connectivity index (χ1n) is 8.60. The molecule has 1 aromatic carbocycles. The summed E-state index contributed by atoms with van der Waals surface area (Å²) in [5, 5.41) is 9.96. The summed E-state index contributed by atoms with van der Waals surface area (Å²) in [7, 11) is 0. The fourth-order valence-corrected chi connectivity index (χ4v) is 2.80. The van der Waals surface area contributed by atoms with Gasteiger partial charge in [-0.05, 0) is 50.2 Å². The smallest absolute Gasteiger partial charge is 0.326 e. The van der Waals surface area contributed by atoms with Crippen molar-refractivity contribution in [2.24, 2.45) is 0 Å². The summed E-state index contributed by atoms with van der Waals surface area (Å²) in [5.41, 5.74) is 2.94. The molecule has 0 spiro atoms. The van der Waals surface area contributed by atoms with Gasteiger partial charge in [0.05, 0.1) is 5.69 Å². The third-order valence-electron chi connectivity index (χ3n) is 4.42. The lowest BCUT2D eigenvalue weighted by atomic mass is 10.2. The highest BCUT2D eigenvalue weighted by atomic mass is 16.5. The van der Waals surface area contributed by atoms with Crippen LogP contribution in [-0.4, -0.2) is 26.6 Å². The molecule has 0 radical (unpaired) electrons. The van der Waals surface area contributed by atoms with Gasteiger partial charge in [0, 0.05) is 34.6 Å². The van der Waals surface area contributed by atoms with Crippen LogP contribution in [0.15, 0.2) is 59.4 Å². The minimum Gasteiger partial charge on any atom is -0.338 e. The molecule has 0 unspecified atom stereocenters. The number of amides is 2. The standard InChI is InChI=1S/C20H17N5O3/c1-12-13(2)24-28-18(12)23-20(27)22-16-7-3-5-15(11-16)19(26)25-10-8-14-6-4-9-21-17(14)25/h3-11H,1-2H3,(H2,22,23,27). The van der Waals surface area contributed by atoms with E-state index in [2.05, 4.69) is 20.8 Å². The molecule has 8 heteroatoms. The molecule has 0 fully saturated rings. The Kier molecular flexibility index (Phi) is 4.36. The van der Waals surface area contributed by atoms with Crippen molar-refractivity contribution in [3.8, 4) is 0 Å². The maximum atomic E-state index is 12.9. The van der Waals surface area contributed by atoms with Crippen molar-refractivity contribution in [3.63, 3.8) is 0 Å². The van der Waals surface area contributed by atoms with Gasteiger partial charge in [0.2, 0.25) is 5.88 Å². The van der Waals surface area contributed by atoms with E-state index in [1.165, 1.54) is 4.57 Å². The summed E-state index contributed by atoms with van der Waals surface area (Å²) >= 11 is 0. The highest BCUT2D eigenvalue weighted by Crippen LogP contribution is 2.19. The number of urea groups is 1. The second-order valence-corrected chi connectivity index (χ2v) is 6.29. The van der Waals surface area contributed by atoms with Crippen LogP contribution in [-0.2, 0) is 0 Å². The number of rotatable bonds is 3. The highest BCUT2D eigenvalue weighted by molar-refractivity contribution is 6.03. The first-order chi connectivity index (χ1) is 13.5. The Morgan fingerprint density at radius 3 is 2.71 bits per heavy atom. The Morgan fingerprint density at radius 2 is 1.93 bits per heavy atom. The molecule has 0 saturated carbocycles. The zero-order valence-electron chi connectivity index (χ0n) is 15.3. The van der Waals surface area contributed by atoms with Gasteiger partial charge in [0.1, 0.15) is 5.65 Å². The molecule has 4 aromatic rings.